The second-order valence-corrected chi connectivity index (χ2v) is 9.05. The largest absolute Gasteiger partial charge is 0.281 e. The molecule has 1 aliphatic carbocycles. The molecule has 3 nitrogen and oxygen atoms in total. The third-order valence-electron chi connectivity index (χ3n) is 3.55. The molecule has 2 amide bonds. The molecule has 0 aromatic rings. The van der Waals surface area contributed by atoms with Crippen molar-refractivity contribution in [3.8, 4) is 0 Å². The second-order valence-electron chi connectivity index (χ2n) is 4.76. The van der Waals surface area contributed by atoms with Gasteiger partial charge in [-0.2, -0.15) is 0 Å². The molecule has 0 spiro atoms. The zero-order chi connectivity index (χ0) is 13.4. The SMILES string of the molecule is O=C1C2CC(Br)C(Br)CC2C(=O)N1CC(Br)CBr. The molecule has 1 saturated heterocycles. The van der Waals surface area contributed by atoms with Crippen LogP contribution in [0.15, 0.2) is 0 Å². The molecule has 1 aliphatic heterocycles. The Morgan fingerprint density at radius 2 is 1.56 bits per heavy atom. The van der Waals surface area contributed by atoms with Crippen LogP contribution in [0.3, 0.4) is 0 Å². The Morgan fingerprint density at radius 1 is 1.11 bits per heavy atom. The molecule has 0 aromatic carbocycles. The maximum Gasteiger partial charge on any atom is 0.233 e. The average Bonchev–Trinajstić information content (AvgIpc) is 2.55. The van der Waals surface area contributed by atoms with Crippen molar-refractivity contribution in [3.63, 3.8) is 0 Å². The lowest BCUT2D eigenvalue weighted by Gasteiger charge is -2.29. The number of likely N-dealkylation sites (tertiary alicyclic amines) is 1. The number of amides is 2. The summed E-state index contributed by atoms with van der Waals surface area (Å²) in [4.78, 5) is 26.7. The first-order valence-electron chi connectivity index (χ1n) is 5.79. The van der Waals surface area contributed by atoms with Crippen LogP contribution in [0.25, 0.3) is 0 Å². The smallest absolute Gasteiger partial charge is 0.233 e. The van der Waals surface area contributed by atoms with Crippen molar-refractivity contribution >= 4 is 75.5 Å². The molecular formula is C11H13Br4NO2. The predicted octanol–water partition coefficient (Wildman–Crippen LogP) is 3.07. The van der Waals surface area contributed by atoms with Crippen molar-refractivity contribution in [2.24, 2.45) is 11.8 Å². The third kappa shape index (κ3) is 2.88. The number of nitrogens with zero attached hydrogens (tertiary/aromatic N) is 1. The van der Waals surface area contributed by atoms with Crippen LogP contribution in [-0.2, 0) is 9.59 Å². The van der Waals surface area contributed by atoms with Gasteiger partial charge in [-0.25, -0.2) is 0 Å². The van der Waals surface area contributed by atoms with Gasteiger partial charge in [0.25, 0.3) is 0 Å². The summed E-state index contributed by atoms with van der Waals surface area (Å²) in [5.74, 6) is -0.269. The molecule has 5 atom stereocenters. The Bertz CT molecular complexity index is 337. The molecule has 5 unspecified atom stereocenters. The van der Waals surface area contributed by atoms with Crippen molar-refractivity contribution in [2.75, 3.05) is 11.9 Å². The van der Waals surface area contributed by atoms with Crippen molar-refractivity contribution in [1.29, 1.82) is 0 Å². The summed E-state index contributed by atoms with van der Waals surface area (Å²) in [6.45, 7) is 0.454. The lowest BCUT2D eigenvalue weighted by Crippen LogP contribution is -2.36. The number of rotatable bonds is 3. The van der Waals surface area contributed by atoms with E-state index in [9.17, 15) is 9.59 Å². The summed E-state index contributed by atoms with van der Waals surface area (Å²) in [5, 5.41) is 0.724. The molecule has 102 valence electrons. The van der Waals surface area contributed by atoms with E-state index in [2.05, 4.69) is 63.7 Å². The van der Waals surface area contributed by atoms with Crippen LogP contribution >= 0.6 is 63.7 Å². The van der Waals surface area contributed by atoms with Crippen molar-refractivity contribution < 1.29 is 9.59 Å². The molecule has 2 fully saturated rings. The van der Waals surface area contributed by atoms with Crippen LogP contribution < -0.4 is 0 Å². The summed E-state index contributed by atoms with van der Waals surface area (Å²) in [5.41, 5.74) is 0. The Labute approximate surface area is 140 Å². The first kappa shape index (κ1) is 15.4. The van der Waals surface area contributed by atoms with Crippen molar-refractivity contribution in [3.05, 3.63) is 0 Å². The van der Waals surface area contributed by atoms with Gasteiger partial charge in [-0.05, 0) is 12.8 Å². The summed E-state index contributed by atoms with van der Waals surface area (Å²) < 4.78 is 0. The fourth-order valence-electron chi connectivity index (χ4n) is 2.59. The highest BCUT2D eigenvalue weighted by Crippen LogP contribution is 2.43. The Balaban J connectivity index is 2.13. The molecule has 2 rings (SSSR count). The van der Waals surface area contributed by atoms with Crippen LogP contribution in [0.2, 0.25) is 0 Å². The molecule has 0 aromatic heterocycles. The average molecular weight is 511 g/mol. The maximum absolute atomic E-state index is 12.3. The van der Waals surface area contributed by atoms with E-state index in [1.807, 2.05) is 0 Å². The zero-order valence-corrected chi connectivity index (χ0v) is 15.8. The van der Waals surface area contributed by atoms with E-state index in [1.54, 1.807) is 0 Å². The van der Waals surface area contributed by atoms with Gasteiger partial charge < -0.3 is 0 Å². The molecule has 0 radical (unpaired) electrons. The van der Waals surface area contributed by atoms with E-state index in [-0.39, 0.29) is 38.1 Å². The van der Waals surface area contributed by atoms with Crippen LogP contribution in [0.4, 0.5) is 0 Å². The van der Waals surface area contributed by atoms with E-state index >= 15 is 0 Å². The van der Waals surface area contributed by atoms with Gasteiger partial charge in [0.05, 0.1) is 11.8 Å². The van der Waals surface area contributed by atoms with Gasteiger partial charge in [0, 0.05) is 26.4 Å². The minimum atomic E-state index is -0.134. The van der Waals surface area contributed by atoms with Gasteiger partial charge in [-0.3, -0.25) is 14.5 Å². The molecule has 2 aliphatic rings. The number of hydrogen-bond donors (Lipinski definition) is 0. The highest BCUT2D eigenvalue weighted by molar-refractivity contribution is 9.12. The third-order valence-corrected chi connectivity index (χ3v) is 8.55. The van der Waals surface area contributed by atoms with Crippen LogP contribution in [0.1, 0.15) is 12.8 Å². The second kappa shape index (κ2) is 6.22. The predicted molar refractivity (Wildman–Crippen MR) is 84.9 cm³/mol. The number of hydrogen-bond acceptors (Lipinski definition) is 2. The van der Waals surface area contributed by atoms with Gasteiger partial charge in [-0.1, -0.05) is 63.7 Å². The number of carbonyl (C=O) groups is 2. The molecular weight excluding hydrogens is 498 g/mol. The number of halogens is 4. The maximum atomic E-state index is 12.3. The van der Waals surface area contributed by atoms with E-state index in [0.717, 1.165) is 18.2 Å². The topological polar surface area (TPSA) is 37.4 Å². The zero-order valence-electron chi connectivity index (χ0n) is 9.49. The Morgan fingerprint density at radius 3 is 1.94 bits per heavy atom. The van der Waals surface area contributed by atoms with Crippen LogP contribution in [0.5, 0.6) is 0 Å². The fraction of sp³-hybridized carbons (Fsp3) is 0.818. The lowest BCUT2D eigenvalue weighted by molar-refractivity contribution is -0.139. The summed E-state index contributed by atoms with van der Waals surface area (Å²) in [6.07, 6.45) is 1.48. The molecule has 0 bridgehead atoms. The molecule has 18 heavy (non-hydrogen) atoms. The molecule has 1 heterocycles. The van der Waals surface area contributed by atoms with Gasteiger partial charge in [0.2, 0.25) is 11.8 Å². The number of alkyl halides is 4. The number of fused-ring (bicyclic) bond motifs is 1. The molecule has 1 saturated carbocycles. The number of imide groups is 1. The van der Waals surface area contributed by atoms with Crippen LogP contribution in [-0.4, -0.2) is 43.1 Å². The first-order valence-corrected chi connectivity index (χ1v) is 9.66. The van der Waals surface area contributed by atoms with E-state index in [1.165, 1.54) is 4.90 Å². The van der Waals surface area contributed by atoms with E-state index in [0.29, 0.717) is 6.54 Å². The highest BCUT2D eigenvalue weighted by Gasteiger charge is 2.51. The summed E-state index contributed by atoms with van der Waals surface area (Å²) >= 11 is 14.0. The van der Waals surface area contributed by atoms with E-state index in [4.69, 9.17) is 0 Å². The van der Waals surface area contributed by atoms with Crippen molar-refractivity contribution in [1.82, 2.24) is 4.90 Å². The normalized spacial score (nSPS) is 37.9. The molecule has 0 N–H and O–H groups in total. The van der Waals surface area contributed by atoms with Gasteiger partial charge in [0.1, 0.15) is 0 Å². The summed E-state index contributed by atoms with van der Waals surface area (Å²) in [6, 6.07) is 0. The van der Waals surface area contributed by atoms with Gasteiger partial charge >= 0.3 is 0 Å². The highest BCUT2D eigenvalue weighted by atomic mass is 79.9. The van der Waals surface area contributed by atoms with E-state index < -0.39 is 0 Å². The quantitative estimate of drug-likeness (QED) is 0.432. The Hall–Kier alpha value is 1.06. The Kier molecular flexibility index (Phi) is 5.34. The fourth-order valence-corrected chi connectivity index (χ4v) is 4.32. The number of carbonyl (C=O) groups excluding carboxylic acids is 2. The van der Waals surface area contributed by atoms with Gasteiger partial charge in [0.15, 0.2) is 0 Å². The first-order chi connectivity index (χ1) is 8.45. The van der Waals surface area contributed by atoms with Crippen molar-refractivity contribution in [2.45, 2.75) is 27.3 Å². The monoisotopic (exact) mass is 507 g/mol. The molecule has 7 heteroatoms. The minimum Gasteiger partial charge on any atom is -0.281 e. The van der Waals surface area contributed by atoms with Gasteiger partial charge in [-0.15, -0.1) is 0 Å². The van der Waals surface area contributed by atoms with Crippen LogP contribution in [0, 0.1) is 11.8 Å². The lowest BCUT2D eigenvalue weighted by atomic mass is 9.81. The minimum absolute atomic E-state index is 0.000694. The summed E-state index contributed by atoms with van der Waals surface area (Å²) in [7, 11) is 0. The standard InChI is InChI=1S/C11H13Br4NO2/c12-3-5(13)4-16-10(17)6-1-8(14)9(15)2-7(6)11(16)18/h5-9H,1-4H2.